The number of carbonyl (C=O) groups is 2. The van der Waals surface area contributed by atoms with Crippen LogP contribution in [-0.4, -0.2) is 41.3 Å². The predicted molar refractivity (Wildman–Crippen MR) is 70.4 cm³/mol. The van der Waals surface area contributed by atoms with E-state index in [1.807, 2.05) is 0 Å². The molecule has 1 rings (SSSR count). The summed E-state index contributed by atoms with van der Waals surface area (Å²) in [7, 11) is 0. The van der Waals surface area contributed by atoms with Gasteiger partial charge < -0.3 is 21.3 Å². The van der Waals surface area contributed by atoms with Crippen LogP contribution in [0.3, 0.4) is 0 Å². The Bertz CT molecular complexity index is 325. The highest BCUT2D eigenvalue weighted by atomic mass is 16.4. The number of hydrogen-bond acceptors (Lipinski definition) is 4. The maximum absolute atomic E-state index is 12.3. The fraction of sp³-hybridized carbons (Fsp3) is 0.846. The zero-order valence-corrected chi connectivity index (χ0v) is 11.4. The third-order valence-electron chi connectivity index (χ3n) is 4.12. The second-order valence-corrected chi connectivity index (χ2v) is 5.54. The number of hydrogen-bond donors (Lipinski definition) is 4. The highest BCUT2D eigenvalue weighted by Gasteiger charge is 2.41. The average Bonchev–Trinajstić information content (AvgIpc) is 2.39. The van der Waals surface area contributed by atoms with Crippen molar-refractivity contribution in [2.45, 2.75) is 45.1 Å². The molecule has 1 aliphatic carbocycles. The van der Waals surface area contributed by atoms with Crippen molar-refractivity contribution in [2.24, 2.45) is 17.1 Å². The van der Waals surface area contributed by atoms with Gasteiger partial charge in [-0.2, -0.15) is 0 Å². The van der Waals surface area contributed by atoms with E-state index in [1.165, 1.54) is 0 Å². The van der Waals surface area contributed by atoms with Gasteiger partial charge in [0.2, 0.25) is 5.91 Å². The quantitative estimate of drug-likeness (QED) is 0.547. The van der Waals surface area contributed by atoms with Gasteiger partial charge >= 0.3 is 5.97 Å². The van der Waals surface area contributed by atoms with E-state index in [2.05, 4.69) is 12.2 Å². The number of carboxylic acid groups (broad SMARTS) is 1. The minimum atomic E-state index is -1.13. The lowest BCUT2D eigenvalue weighted by atomic mass is 9.70. The van der Waals surface area contributed by atoms with Gasteiger partial charge in [0.1, 0.15) is 6.04 Å². The summed E-state index contributed by atoms with van der Waals surface area (Å²) in [5.74, 6) is -0.832. The van der Waals surface area contributed by atoms with E-state index in [0.717, 1.165) is 12.8 Å². The maximum atomic E-state index is 12.3. The molecule has 0 aliphatic heterocycles. The van der Waals surface area contributed by atoms with E-state index >= 15 is 0 Å². The first-order valence-corrected chi connectivity index (χ1v) is 6.80. The third-order valence-corrected chi connectivity index (χ3v) is 4.12. The lowest BCUT2D eigenvalue weighted by Gasteiger charge is -2.37. The Morgan fingerprint density at radius 3 is 2.42 bits per heavy atom. The number of aliphatic hydroxyl groups is 1. The summed E-state index contributed by atoms with van der Waals surface area (Å²) in [5, 5.41) is 20.3. The van der Waals surface area contributed by atoms with E-state index in [-0.39, 0.29) is 25.5 Å². The van der Waals surface area contributed by atoms with Crippen LogP contribution in [-0.2, 0) is 9.59 Å². The Hall–Kier alpha value is -1.14. The predicted octanol–water partition coefficient (Wildman–Crippen LogP) is 0.0934. The normalized spacial score (nSPS) is 28.7. The van der Waals surface area contributed by atoms with Gasteiger partial charge in [0.25, 0.3) is 0 Å². The summed E-state index contributed by atoms with van der Waals surface area (Å²) >= 11 is 0. The highest BCUT2D eigenvalue weighted by molar-refractivity contribution is 5.87. The van der Waals surface area contributed by atoms with Crippen molar-refractivity contribution >= 4 is 11.9 Å². The Morgan fingerprint density at radius 1 is 1.42 bits per heavy atom. The number of rotatable bonds is 6. The summed E-state index contributed by atoms with van der Waals surface area (Å²) in [6.07, 6.45) is 3.27. The Balaban J connectivity index is 2.70. The van der Waals surface area contributed by atoms with Gasteiger partial charge in [-0.1, -0.05) is 6.92 Å². The lowest BCUT2D eigenvalue weighted by Crippen LogP contribution is -2.52. The van der Waals surface area contributed by atoms with Crippen LogP contribution in [0, 0.1) is 11.3 Å². The zero-order chi connectivity index (χ0) is 14.5. The summed E-state index contributed by atoms with van der Waals surface area (Å²) in [5.41, 5.74) is 5.11. The number of aliphatic hydroxyl groups excluding tert-OH is 1. The molecular formula is C13H24N2O4. The second kappa shape index (κ2) is 6.86. The van der Waals surface area contributed by atoms with Crippen LogP contribution in [0.5, 0.6) is 0 Å². The standard InChI is InChI=1S/C13H24N2O4/c1-9-2-5-13(8-14,6-3-9)12(19)15-10(4-7-16)11(17)18/h9-10,16H,2-8,14H2,1H3,(H,15,19)(H,17,18)/t9?,10-,13?/m0/s1. The fourth-order valence-corrected chi connectivity index (χ4v) is 2.54. The molecule has 0 radical (unpaired) electrons. The van der Waals surface area contributed by atoms with Gasteiger partial charge in [-0.15, -0.1) is 0 Å². The molecule has 0 spiro atoms. The summed E-state index contributed by atoms with van der Waals surface area (Å²) in [6, 6.07) is -1.04. The molecule has 6 heteroatoms. The molecule has 0 aromatic carbocycles. The van der Waals surface area contributed by atoms with Gasteiger partial charge in [-0.05, 0) is 31.6 Å². The Morgan fingerprint density at radius 2 is 2.00 bits per heavy atom. The van der Waals surface area contributed by atoms with Crippen molar-refractivity contribution in [3.8, 4) is 0 Å². The number of aliphatic carboxylic acids is 1. The van der Waals surface area contributed by atoms with Gasteiger partial charge in [0.05, 0.1) is 5.41 Å². The van der Waals surface area contributed by atoms with Crippen LogP contribution in [0.2, 0.25) is 0 Å². The van der Waals surface area contributed by atoms with Gasteiger partial charge in [-0.25, -0.2) is 4.79 Å². The van der Waals surface area contributed by atoms with Crippen molar-refractivity contribution in [1.82, 2.24) is 5.32 Å². The SMILES string of the molecule is CC1CCC(CN)(C(=O)N[C@@H](CCO)C(=O)O)CC1. The van der Waals surface area contributed by atoms with Crippen LogP contribution >= 0.6 is 0 Å². The van der Waals surface area contributed by atoms with Crippen molar-refractivity contribution < 1.29 is 19.8 Å². The molecule has 0 saturated heterocycles. The van der Waals surface area contributed by atoms with Crippen molar-refractivity contribution in [3.05, 3.63) is 0 Å². The van der Waals surface area contributed by atoms with E-state index in [1.54, 1.807) is 0 Å². The molecule has 1 aliphatic rings. The molecule has 1 fully saturated rings. The molecule has 1 saturated carbocycles. The molecule has 1 atom stereocenters. The molecule has 5 N–H and O–H groups in total. The minimum absolute atomic E-state index is 0.0120. The van der Waals surface area contributed by atoms with E-state index in [0.29, 0.717) is 18.8 Å². The average molecular weight is 272 g/mol. The second-order valence-electron chi connectivity index (χ2n) is 5.54. The summed E-state index contributed by atoms with van der Waals surface area (Å²) in [6.45, 7) is 2.10. The van der Waals surface area contributed by atoms with Gasteiger partial charge in [0, 0.05) is 19.6 Å². The molecule has 110 valence electrons. The summed E-state index contributed by atoms with van der Waals surface area (Å²) < 4.78 is 0. The first kappa shape index (κ1) is 15.9. The molecule has 0 aromatic heterocycles. The lowest BCUT2D eigenvalue weighted by molar-refractivity contribution is -0.145. The smallest absolute Gasteiger partial charge is 0.326 e. The first-order chi connectivity index (χ1) is 8.95. The van der Waals surface area contributed by atoms with Crippen LogP contribution < -0.4 is 11.1 Å². The maximum Gasteiger partial charge on any atom is 0.326 e. The Labute approximate surface area is 113 Å². The number of nitrogens with two attached hydrogens (primary N) is 1. The molecule has 6 nitrogen and oxygen atoms in total. The van der Waals surface area contributed by atoms with Crippen molar-refractivity contribution in [3.63, 3.8) is 0 Å². The molecule has 0 heterocycles. The number of carboxylic acids is 1. The fourth-order valence-electron chi connectivity index (χ4n) is 2.54. The van der Waals surface area contributed by atoms with E-state index in [4.69, 9.17) is 15.9 Å². The number of nitrogens with one attached hydrogen (secondary N) is 1. The molecular weight excluding hydrogens is 248 g/mol. The molecule has 1 amide bonds. The largest absolute Gasteiger partial charge is 0.480 e. The van der Waals surface area contributed by atoms with Crippen molar-refractivity contribution in [2.75, 3.05) is 13.2 Å². The monoisotopic (exact) mass is 272 g/mol. The molecule has 0 aromatic rings. The zero-order valence-electron chi connectivity index (χ0n) is 11.4. The number of carbonyl (C=O) groups excluding carboxylic acids is 1. The summed E-state index contributed by atoms with van der Waals surface area (Å²) in [4.78, 5) is 23.3. The van der Waals surface area contributed by atoms with Gasteiger partial charge in [0.15, 0.2) is 0 Å². The third kappa shape index (κ3) is 3.91. The topological polar surface area (TPSA) is 113 Å². The molecule has 0 bridgehead atoms. The van der Waals surface area contributed by atoms with Crippen LogP contribution in [0.1, 0.15) is 39.0 Å². The Kier molecular flexibility index (Phi) is 5.75. The highest BCUT2D eigenvalue weighted by Crippen LogP contribution is 2.38. The van der Waals surface area contributed by atoms with Crippen molar-refractivity contribution in [1.29, 1.82) is 0 Å². The van der Waals surface area contributed by atoms with E-state index in [9.17, 15) is 9.59 Å². The van der Waals surface area contributed by atoms with E-state index < -0.39 is 17.4 Å². The molecule has 19 heavy (non-hydrogen) atoms. The van der Waals surface area contributed by atoms with Crippen LogP contribution in [0.4, 0.5) is 0 Å². The van der Waals surface area contributed by atoms with Crippen LogP contribution in [0.25, 0.3) is 0 Å². The number of amides is 1. The van der Waals surface area contributed by atoms with Crippen LogP contribution in [0.15, 0.2) is 0 Å². The molecule has 0 unspecified atom stereocenters. The first-order valence-electron chi connectivity index (χ1n) is 6.80. The van der Waals surface area contributed by atoms with Gasteiger partial charge in [-0.3, -0.25) is 4.79 Å². The minimum Gasteiger partial charge on any atom is -0.480 e.